The highest BCUT2D eigenvalue weighted by molar-refractivity contribution is 9.11. The van der Waals surface area contributed by atoms with Gasteiger partial charge in [-0.3, -0.25) is 4.79 Å². The number of rotatable bonds is 23. The molecule has 0 fully saturated rings. The van der Waals surface area contributed by atoms with Crippen molar-refractivity contribution in [2.24, 2.45) is 0 Å². The van der Waals surface area contributed by atoms with Crippen LogP contribution in [0.5, 0.6) is 0 Å². The van der Waals surface area contributed by atoms with Gasteiger partial charge in [0.15, 0.2) is 12.1 Å². The lowest BCUT2D eigenvalue weighted by atomic mass is 10.0. The van der Waals surface area contributed by atoms with Crippen LogP contribution in [0.2, 0.25) is 0 Å². The third kappa shape index (κ3) is 16.5. The second kappa shape index (κ2) is 31.0. The predicted molar refractivity (Wildman–Crippen MR) is 337 cm³/mol. The minimum atomic E-state index is -1.66. The lowest BCUT2D eigenvalue weighted by Crippen LogP contribution is -2.49. The first-order chi connectivity index (χ1) is 38.9. The number of halogens is 1. The summed E-state index contributed by atoms with van der Waals surface area (Å²) in [5, 5.41) is 148. The van der Waals surface area contributed by atoms with E-state index in [9.17, 15) is 55.5 Å². The van der Waals surface area contributed by atoms with Gasteiger partial charge in [0.2, 0.25) is 5.70 Å². The van der Waals surface area contributed by atoms with Crippen molar-refractivity contribution in [2.45, 2.75) is 80.2 Å². The number of carbonyl (C=O) groups excluding carboxylic acids is 2. The van der Waals surface area contributed by atoms with E-state index in [1.807, 2.05) is 58.3 Å². The molecule has 0 saturated carbocycles. The number of fused-ring (bicyclic) bond motifs is 9. The van der Waals surface area contributed by atoms with Gasteiger partial charge in [0.05, 0.1) is 91.6 Å². The molecule has 16 N–H and O–H groups in total. The molecule has 9 heterocycles. The molecule has 0 aliphatic heterocycles. The monoisotopic (exact) mass is 1370 g/mol. The smallest absolute Gasteiger partial charge is 0.230 e. The van der Waals surface area contributed by atoms with Gasteiger partial charge in [-0.15, -0.1) is 102 Å². The Balaban J connectivity index is 0.000000189. The maximum atomic E-state index is 11.5. The van der Waals surface area contributed by atoms with E-state index >= 15 is 0 Å². The summed E-state index contributed by atoms with van der Waals surface area (Å²) in [6.45, 7) is 6.55. The largest absolute Gasteiger partial charge is 0.394 e. The summed E-state index contributed by atoms with van der Waals surface area (Å²) in [4.78, 5) is 30.7. The maximum Gasteiger partial charge on any atom is 0.230 e. The summed E-state index contributed by atoms with van der Waals surface area (Å²) in [6, 6.07) is 12.2. The van der Waals surface area contributed by atoms with Gasteiger partial charge in [0.25, 0.3) is 0 Å². The number of Topliss-reactive ketones (excluding diaryl/α,β-unsaturated/α-hetero) is 1. The lowest BCUT2D eigenvalue weighted by molar-refractivity contribution is -0.113. The van der Waals surface area contributed by atoms with E-state index in [0.29, 0.717) is 4.88 Å². The molecule has 82 heavy (non-hydrogen) atoms. The highest BCUT2D eigenvalue weighted by Gasteiger charge is 2.33. The molecule has 0 bridgehead atoms. The Kier molecular flexibility index (Phi) is 25.7. The molecule has 9 aromatic heterocycles. The number of nitrogens with zero attached hydrogens (tertiary/aromatic N) is 3. The second-order valence-electron chi connectivity index (χ2n) is 18.4. The van der Waals surface area contributed by atoms with Gasteiger partial charge in [0, 0.05) is 66.8 Å². The SMILES string of the molecule is Brc1cc2sc3ccsc3c2s1.CN(CC(O)C(O)C(O)C(O)CO)c1cc2sc3cc(C=O)sc3c2s1.CNCC(O)C(O)C(O)C(O)CO.[C-]#[N+]/C(=C\c1cc2sc3cc(N(C)CC(O)C(O)C(O)C(O)CO)sc3c2s1)C(C)=O. The lowest BCUT2D eigenvalue weighted by Gasteiger charge is -2.28. The van der Waals surface area contributed by atoms with Crippen LogP contribution in [0.25, 0.3) is 67.3 Å². The van der Waals surface area contributed by atoms with E-state index in [1.165, 1.54) is 74.9 Å². The molecular weight excluding hydrogens is 1310 g/mol. The number of aldehydes is 1. The zero-order valence-electron chi connectivity index (χ0n) is 43.8. The minimum absolute atomic E-state index is 0.0126. The topological polar surface area (TPSA) is 360 Å². The van der Waals surface area contributed by atoms with E-state index in [2.05, 4.69) is 43.6 Å². The van der Waals surface area contributed by atoms with Crippen molar-refractivity contribution in [3.63, 3.8) is 0 Å². The number of likely N-dealkylation sites (N-methyl/N-ethyl adjacent to an activating group) is 3. The van der Waals surface area contributed by atoms with Crippen molar-refractivity contribution in [3.8, 4) is 0 Å². The van der Waals surface area contributed by atoms with Gasteiger partial charge in [-0.2, -0.15) is 0 Å². The normalized spacial score (nSPS) is 16.5. The van der Waals surface area contributed by atoms with E-state index in [-0.39, 0.29) is 31.1 Å². The van der Waals surface area contributed by atoms with Crippen molar-refractivity contribution in [2.75, 3.05) is 70.4 Å². The quantitative estimate of drug-likeness (QED) is 0.0240. The van der Waals surface area contributed by atoms with E-state index in [1.54, 1.807) is 59.7 Å². The van der Waals surface area contributed by atoms with Crippen LogP contribution in [-0.2, 0) is 4.79 Å². The fourth-order valence-corrected chi connectivity index (χ4v) is 19.9. The molecule has 0 amide bonds. The molecular formula is C51H61BrN4O17S9. The summed E-state index contributed by atoms with van der Waals surface area (Å²) in [5.74, 6) is -0.269. The first-order valence-electron chi connectivity index (χ1n) is 24.5. The molecule has 31 heteroatoms. The van der Waals surface area contributed by atoms with Crippen molar-refractivity contribution in [1.29, 1.82) is 0 Å². The van der Waals surface area contributed by atoms with Gasteiger partial charge in [-0.1, -0.05) is 0 Å². The number of hydrogen-bond acceptors (Lipinski definition) is 29. The fourth-order valence-electron chi connectivity index (χ4n) is 7.75. The molecule has 0 aromatic carbocycles. The van der Waals surface area contributed by atoms with Crippen LogP contribution < -0.4 is 15.1 Å². The standard InChI is InChI=1S/C20H22N2O6S3.C16H19NO6S3.C8H3BrS3.C7H17NO5/c1-9(24)11(21-2)4-10-5-14-19(29-10)20-15(30-14)6-16(31-20)22(3)7-12(25)17(27)18(28)13(26)8-23;1-17(4-8(20)13(22)14(23)9(21)6-19)12-3-11-16(26-12)15-10(25-11)2-7(5-18)24-15;9-6-3-5-8(12-6)7-4(11-5)1-2-10-7;1-8-2-4(10)6(12)7(13)5(11)3-9/h4-6,12-13,17-18,23,25-28H,7-8H2,1,3H3;2-3,5,8-9,13-14,19-23H,4,6H2,1H3;1-3H;4-13H,2-3H2,1H3/b11-4-;;;. The number of carbonyl (C=O) groups is 2. The Morgan fingerprint density at radius 1 is 0.561 bits per heavy atom. The summed E-state index contributed by atoms with van der Waals surface area (Å²) in [6.07, 6.45) is -15.4. The number of thiophene rings is 9. The number of allylic oxidation sites excluding steroid dienone is 1. The highest BCUT2D eigenvalue weighted by Crippen LogP contribution is 2.48. The van der Waals surface area contributed by atoms with E-state index in [0.717, 1.165) is 58.8 Å². The molecule has 21 nitrogen and oxygen atoms in total. The van der Waals surface area contributed by atoms with Gasteiger partial charge >= 0.3 is 0 Å². The maximum absolute atomic E-state index is 11.5. The third-order valence-corrected chi connectivity index (χ3v) is 24.1. The Hall–Kier alpha value is -3.13. The molecule has 0 saturated heterocycles. The number of hydrogen-bond donors (Lipinski definition) is 16. The Labute approximate surface area is 512 Å². The molecule has 9 aromatic rings. The molecule has 0 spiro atoms. The highest BCUT2D eigenvalue weighted by atomic mass is 79.9. The van der Waals surface area contributed by atoms with Gasteiger partial charge in [-0.05, 0) is 77.8 Å². The summed E-state index contributed by atoms with van der Waals surface area (Å²) < 4.78 is 15.5. The molecule has 448 valence electrons. The first kappa shape index (κ1) is 68.0. The van der Waals surface area contributed by atoms with Crippen LogP contribution in [0, 0.1) is 6.57 Å². The third-order valence-electron chi connectivity index (χ3n) is 12.3. The van der Waals surface area contributed by atoms with Gasteiger partial charge in [0.1, 0.15) is 54.9 Å². The number of aliphatic hydroxyl groups excluding tert-OH is 15. The summed E-state index contributed by atoms with van der Waals surface area (Å²) in [5.41, 5.74) is 0.0952. The fraction of sp³-hybridized carbons (Fsp3) is 0.431. The second-order valence-corrected chi connectivity index (χ2v) is 29.3. The van der Waals surface area contributed by atoms with E-state index < -0.39 is 93.1 Å². The Morgan fingerprint density at radius 2 is 0.951 bits per heavy atom. The Morgan fingerprint density at radius 3 is 1.39 bits per heavy atom. The molecule has 12 unspecified atom stereocenters. The van der Waals surface area contributed by atoms with Crippen LogP contribution in [0.3, 0.4) is 0 Å². The molecule has 12 atom stereocenters. The number of aliphatic hydroxyl groups is 15. The van der Waals surface area contributed by atoms with Crippen LogP contribution in [-0.4, -0.2) is 223 Å². The van der Waals surface area contributed by atoms with Gasteiger partial charge < -0.3 is 96.5 Å². The van der Waals surface area contributed by atoms with Crippen LogP contribution >= 0.6 is 118 Å². The van der Waals surface area contributed by atoms with Crippen molar-refractivity contribution in [3.05, 3.63) is 72.4 Å². The zero-order chi connectivity index (χ0) is 60.4. The number of nitrogens with one attached hydrogen (secondary N) is 1. The molecule has 9 rings (SSSR count). The summed E-state index contributed by atoms with van der Waals surface area (Å²) in [7, 11) is 5.07. The van der Waals surface area contributed by atoms with Crippen LogP contribution in [0.4, 0.5) is 10.0 Å². The number of anilines is 2. The summed E-state index contributed by atoms with van der Waals surface area (Å²) >= 11 is 18.2. The zero-order valence-corrected chi connectivity index (χ0v) is 52.7. The molecule has 0 radical (unpaired) electrons. The average molecular weight is 1370 g/mol. The van der Waals surface area contributed by atoms with Crippen molar-refractivity contribution >= 4 is 203 Å². The average Bonchev–Trinajstić information content (AvgIpc) is 2.94. The Bertz CT molecular complexity index is 3570. The van der Waals surface area contributed by atoms with Gasteiger partial charge in [-0.25, -0.2) is 4.85 Å². The molecule has 0 aliphatic carbocycles. The minimum Gasteiger partial charge on any atom is -0.394 e. The first-order valence-corrected chi connectivity index (χ1v) is 32.7. The van der Waals surface area contributed by atoms with Crippen LogP contribution in [0.15, 0.2) is 51.3 Å². The van der Waals surface area contributed by atoms with Crippen molar-refractivity contribution < 1.29 is 86.2 Å². The van der Waals surface area contributed by atoms with Crippen molar-refractivity contribution in [1.82, 2.24) is 5.32 Å². The molecule has 0 aliphatic rings. The van der Waals surface area contributed by atoms with E-state index in [4.69, 9.17) is 37.2 Å². The predicted octanol–water partition coefficient (Wildman–Crippen LogP) is 4.34. The van der Waals surface area contributed by atoms with Crippen LogP contribution in [0.1, 0.15) is 21.5 Å². The number of ketones is 1.